The Labute approximate surface area is 96.5 Å². The lowest BCUT2D eigenvalue weighted by atomic mass is 10.0. The van der Waals surface area contributed by atoms with E-state index in [4.69, 9.17) is 0 Å². The lowest BCUT2D eigenvalue weighted by Crippen LogP contribution is -2.34. The molecule has 2 N–H and O–H groups in total. The van der Waals surface area contributed by atoms with E-state index < -0.39 is 6.10 Å². The van der Waals surface area contributed by atoms with Crippen molar-refractivity contribution in [2.75, 3.05) is 6.54 Å². The summed E-state index contributed by atoms with van der Waals surface area (Å²) in [5.74, 6) is -0.273. The molecule has 1 aromatic rings. The average molecular weight is 225 g/mol. The van der Waals surface area contributed by atoms with Crippen molar-refractivity contribution in [2.24, 2.45) is 0 Å². The van der Waals surface area contributed by atoms with E-state index in [1.54, 1.807) is 12.1 Å². The first-order valence-electron chi connectivity index (χ1n) is 5.86. The van der Waals surface area contributed by atoms with Crippen molar-refractivity contribution in [1.82, 2.24) is 5.32 Å². The summed E-state index contributed by atoms with van der Waals surface area (Å²) in [4.78, 5) is 0. The smallest absolute Gasteiger partial charge is 0.123 e. The van der Waals surface area contributed by atoms with E-state index >= 15 is 0 Å². The number of aliphatic hydroxyl groups is 1. The van der Waals surface area contributed by atoms with Crippen LogP contribution in [0.1, 0.15) is 38.4 Å². The molecule has 3 heteroatoms. The van der Waals surface area contributed by atoms with Crippen molar-refractivity contribution >= 4 is 0 Å². The Hall–Kier alpha value is -0.930. The van der Waals surface area contributed by atoms with Crippen LogP contribution in [0.5, 0.6) is 0 Å². The molecule has 2 nitrogen and oxygen atoms in total. The lowest BCUT2D eigenvalue weighted by Gasteiger charge is -2.23. The quantitative estimate of drug-likeness (QED) is 0.780. The Morgan fingerprint density at radius 3 is 2.38 bits per heavy atom. The summed E-state index contributed by atoms with van der Waals surface area (Å²) in [6.07, 6.45) is 1.31. The molecule has 90 valence electrons. The van der Waals surface area contributed by atoms with Crippen molar-refractivity contribution in [2.45, 2.75) is 38.8 Å². The lowest BCUT2D eigenvalue weighted by molar-refractivity contribution is 0.126. The second-order valence-electron chi connectivity index (χ2n) is 3.97. The molecule has 2 unspecified atom stereocenters. The van der Waals surface area contributed by atoms with Crippen molar-refractivity contribution in [1.29, 1.82) is 0 Å². The third kappa shape index (κ3) is 3.58. The highest BCUT2D eigenvalue weighted by Gasteiger charge is 2.18. The fraction of sp³-hybridized carbons (Fsp3) is 0.538. The summed E-state index contributed by atoms with van der Waals surface area (Å²) < 4.78 is 12.7. The average Bonchev–Trinajstić information content (AvgIpc) is 2.30. The van der Waals surface area contributed by atoms with E-state index in [-0.39, 0.29) is 11.9 Å². The van der Waals surface area contributed by atoms with Crippen LogP contribution >= 0.6 is 0 Å². The minimum Gasteiger partial charge on any atom is -0.387 e. The summed E-state index contributed by atoms with van der Waals surface area (Å²) in [5.41, 5.74) is 0.761. The van der Waals surface area contributed by atoms with Crippen LogP contribution in [0.25, 0.3) is 0 Å². The van der Waals surface area contributed by atoms with Gasteiger partial charge in [0, 0.05) is 6.04 Å². The maximum absolute atomic E-state index is 12.7. The second kappa shape index (κ2) is 6.61. The standard InChI is InChI=1S/C13H20FNO/c1-3-9-15-12(4-2)13(16)10-5-7-11(14)8-6-10/h5-8,12-13,15-16H,3-4,9H2,1-2H3. The minimum absolute atomic E-state index is 0.0328. The number of aliphatic hydroxyl groups excluding tert-OH is 1. The van der Waals surface area contributed by atoms with Gasteiger partial charge < -0.3 is 10.4 Å². The topological polar surface area (TPSA) is 32.3 Å². The molecule has 0 aliphatic heterocycles. The zero-order chi connectivity index (χ0) is 12.0. The van der Waals surface area contributed by atoms with Crippen LogP contribution < -0.4 is 5.32 Å². The van der Waals surface area contributed by atoms with Gasteiger partial charge in [-0.25, -0.2) is 4.39 Å². The van der Waals surface area contributed by atoms with Crippen molar-refractivity contribution in [3.8, 4) is 0 Å². The van der Waals surface area contributed by atoms with Crippen molar-refractivity contribution in [3.05, 3.63) is 35.6 Å². The molecule has 0 saturated heterocycles. The minimum atomic E-state index is -0.572. The third-order valence-corrected chi connectivity index (χ3v) is 2.69. The number of nitrogens with one attached hydrogen (secondary N) is 1. The summed E-state index contributed by atoms with van der Waals surface area (Å²) in [6, 6.07) is 6.06. The maximum Gasteiger partial charge on any atom is 0.123 e. The fourth-order valence-electron chi connectivity index (χ4n) is 1.70. The van der Waals surface area contributed by atoms with Crippen LogP contribution in [-0.2, 0) is 0 Å². The Balaban J connectivity index is 2.66. The predicted octanol–water partition coefficient (Wildman–Crippen LogP) is 2.64. The van der Waals surface area contributed by atoms with E-state index in [0.29, 0.717) is 0 Å². The molecule has 0 spiro atoms. The van der Waals surface area contributed by atoms with Gasteiger partial charge in [0.15, 0.2) is 0 Å². The third-order valence-electron chi connectivity index (χ3n) is 2.69. The van der Waals surface area contributed by atoms with Gasteiger partial charge in [0.2, 0.25) is 0 Å². The molecule has 0 aliphatic carbocycles. The predicted molar refractivity (Wildman–Crippen MR) is 63.7 cm³/mol. The van der Waals surface area contributed by atoms with Crippen LogP contribution in [0.15, 0.2) is 24.3 Å². The monoisotopic (exact) mass is 225 g/mol. The zero-order valence-electron chi connectivity index (χ0n) is 9.91. The van der Waals surface area contributed by atoms with Gasteiger partial charge in [-0.05, 0) is 37.1 Å². The maximum atomic E-state index is 12.7. The van der Waals surface area contributed by atoms with E-state index in [9.17, 15) is 9.50 Å². The fourth-order valence-corrected chi connectivity index (χ4v) is 1.70. The van der Waals surface area contributed by atoms with E-state index in [1.165, 1.54) is 12.1 Å². The Bertz CT molecular complexity index is 299. The van der Waals surface area contributed by atoms with Crippen LogP contribution in [0.4, 0.5) is 4.39 Å². The first-order valence-corrected chi connectivity index (χ1v) is 5.86. The molecule has 1 aromatic carbocycles. The molecule has 0 aromatic heterocycles. The van der Waals surface area contributed by atoms with Gasteiger partial charge in [0.1, 0.15) is 5.82 Å². The highest BCUT2D eigenvalue weighted by molar-refractivity contribution is 5.19. The summed E-state index contributed by atoms with van der Waals surface area (Å²) in [6.45, 7) is 5.00. The molecule has 0 radical (unpaired) electrons. The van der Waals surface area contributed by atoms with Crippen LogP contribution in [0.3, 0.4) is 0 Å². The highest BCUT2D eigenvalue weighted by Crippen LogP contribution is 2.19. The normalized spacial score (nSPS) is 14.8. The Kier molecular flexibility index (Phi) is 5.43. The molecule has 0 saturated carbocycles. The first kappa shape index (κ1) is 13.1. The van der Waals surface area contributed by atoms with E-state index in [0.717, 1.165) is 24.9 Å². The highest BCUT2D eigenvalue weighted by atomic mass is 19.1. The summed E-state index contributed by atoms with van der Waals surface area (Å²) in [7, 11) is 0. The first-order chi connectivity index (χ1) is 7.69. The molecule has 1 rings (SSSR count). The van der Waals surface area contributed by atoms with Crippen molar-refractivity contribution < 1.29 is 9.50 Å². The Morgan fingerprint density at radius 2 is 1.88 bits per heavy atom. The number of hydrogen-bond acceptors (Lipinski definition) is 2. The van der Waals surface area contributed by atoms with Gasteiger partial charge in [-0.15, -0.1) is 0 Å². The van der Waals surface area contributed by atoms with Gasteiger partial charge in [0.05, 0.1) is 6.10 Å². The number of rotatable bonds is 6. The number of benzene rings is 1. The van der Waals surface area contributed by atoms with Gasteiger partial charge >= 0.3 is 0 Å². The number of halogens is 1. The molecule has 0 heterocycles. The van der Waals surface area contributed by atoms with Crippen LogP contribution in [-0.4, -0.2) is 17.7 Å². The van der Waals surface area contributed by atoms with Crippen LogP contribution in [0.2, 0.25) is 0 Å². The van der Waals surface area contributed by atoms with Gasteiger partial charge in [-0.1, -0.05) is 26.0 Å². The van der Waals surface area contributed by atoms with Gasteiger partial charge in [0.25, 0.3) is 0 Å². The molecule has 0 amide bonds. The molecular formula is C13H20FNO. The SMILES string of the molecule is CCCNC(CC)C(O)c1ccc(F)cc1. The summed E-state index contributed by atoms with van der Waals surface area (Å²) >= 11 is 0. The van der Waals surface area contributed by atoms with Crippen molar-refractivity contribution in [3.63, 3.8) is 0 Å². The number of hydrogen-bond donors (Lipinski definition) is 2. The summed E-state index contributed by atoms with van der Waals surface area (Å²) in [5, 5.41) is 13.4. The molecule has 0 bridgehead atoms. The molecule has 0 fully saturated rings. The zero-order valence-corrected chi connectivity index (χ0v) is 9.91. The van der Waals surface area contributed by atoms with E-state index in [1.807, 2.05) is 6.92 Å². The molecule has 16 heavy (non-hydrogen) atoms. The van der Waals surface area contributed by atoms with Crippen LogP contribution in [0, 0.1) is 5.82 Å². The Morgan fingerprint density at radius 1 is 1.25 bits per heavy atom. The van der Waals surface area contributed by atoms with Gasteiger partial charge in [-0.2, -0.15) is 0 Å². The molecule has 2 atom stereocenters. The van der Waals surface area contributed by atoms with Gasteiger partial charge in [-0.3, -0.25) is 0 Å². The molecular weight excluding hydrogens is 205 g/mol. The molecule has 0 aliphatic rings. The largest absolute Gasteiger partial charge is 0.387 e. The second-order valence-corrected chi connectivity index (χ2v) is 3.97. The van der Waals surface area contributed by atoms with E-state index in [2.05, 4.69) is 12.2 Å².